The van der Waals surface area contributed by atoms with Gasteiger partial charge in [-0.3, -0.25) is 9.58 Å². The van der Waals surface area contributed by atoms with Crippen LogP contribution in [-0.4, -0.2) is 51.7 Å². The summed E-state index contributed by atoms with van der Waals surface area (Å²) in [4.78, 5) is 25.6. The number of alkyl halides is 1. The number of halogens is 1. The smallest absolute Gasteiger partial charge is 0.410 e. The van der Waals surface area contributed by atoms with Gasteiger partial charge in [-0.1, -0.05) is 0 Å². The maximum Gasteiger partial charge on any atom is 0.410 e. The van der Waals surface area contributed by atoms with E-state index in [9.17, 15) is 14.0 Å². The van der Waals surface area contributed by atoms with Crippen LogP contribution in [0.15, 0.2) is 6.07 Å². The highest BCUT2D eigenvalue weighted by Crippen LogP contribution is 2.34. The van der Waals surface area contributed by atoms with Crippen LogP contribution in [0.5, 0.6) is 0 Å². The van der Waals surface area contributed by atoms with Crippen molar-refractivity contribution in [2.75, 3.05) is 13.2 Å². The lowest BCUT2D eigenvalue weighted by Gasteiger charge is -2.27. The highest BCUT2D eigenvalue weighted by atomic mass is 19.1. The highest BCUT2D eigenvalue weighted by molar-refractivity contribution is 5.87. The topological polar surface area (TPSA) is 73.7 Å². The van der Waals surface area contributed by atoms with Gasteiger partial charge in [0, 0.05) is 13.5 Å². The van der Waals surface area contributed by atoms with Gasteiger partial charge in [0.05, 0.1) is 24.9 Å². The van der Waals surface area contributed by atoms with E-state index in [0.717, 1.165) is 0 Å². The molecule has 2 rings (SSSR count). The second kappa shape index (κ2) is 6.78. The third-order valence-electron chi connectivity index (χ3n) is 3.60. The number of esters is 1. The summed E-state index contributed by atoms with van der Waals surface area (Å²) in [6.07, 6.45) is -1.62. The number of ether oxygens (including phenoxy) is 2. The first-order valence-electron chi connectivity index (χ1n) is 7.97. The third kappa shape index (κ3) is 4.04. The fourth-order valence-electron chi connectivity index (χ4n) is 2.64. The Balaban J connectivity index is 2.24. The molecule has 1 aromatic rings. The number of rotatable bonds is 3. The van der Waals surface area contributed by atoms with Gasteiger partial charge in [0.15, 0.2) is 0 Å². The van der Waals surface area contributed by atoms with E-state index in [1.54, 1.807) is 34.7 Å². The van der Waals surface area contributed by atoms with Crippen molar-refractivity contribution in [3.8, 4) is 0 Å². The Kier molecular flexibility index (Phi) is 5.15. The van der Waals surface area contributed by atoms with E-state index in [-0.39, 0.29) is 25.3 Å². The predicted octanol–water partition coefficient (Wildman–Crippen LogP) is 2.62. The maximum absolute atomic E-state index is 13.9. The van der Waals surface area contributed by atoms with Crippen molar-refractivity contribution in [2.45, 2.75) is 51.9 Å². The van der Waals surface area contributed by atoms with E-state index in [1.165, 1.54) is 15.6 Å². The molecule has 1 amide bonds. The van der Waals surface area contributed by atoms with E-state index in [0.29, 0.717) is 5.69 Å². The van der Waals surface area contributed by atoms with Crippen molar-refractivity contribution in [3.63, 3.8) is 0 Å². The number of hydrogen-bond acceptors (Lipinski definition) is 5. The molecule has 1 saturated heterocycles. The molecule has 2 heterocycles. The normalized spacial score (nSPS) is 21.0. The van der Waals surface area contributed by atoms with Crippen molar-refractivity contribution in [1.29, 1.82) is 0 Å². The number of amides is 1. The Morgan fingerprint density at radius 1 is 1.42 bits per heavy atom. The molecule has 0 saturated carbocycles. The Hall–Kier alpha value is -2.12. The predicted molar refractivity (Wildman–Crippen MR) is 84.4 cm³/mol. The molecule has 8 heteroatoms. The minimum Gasteiger partial charge on any atom is -0.461 e. The quantitative estimate of drug-likeness (QED) is 0.790. The largest absolute Gasteiger partial charge is 0.461 e. The number of aromatic nitrogens is 2. The summed E-state index contributed by atoms with van der Waals surface area (Å²) < 4.78 is 25.6. The van der Waals surface area contributed by atoms with Crippen molar-refractivity contribution < 1.29 is 23.5 Å². The van der Waals surface area contributed by atoms with Gasteiger partial charge in [-0.15, -0.1) is 0 Å². The van der Waals surface area contributed by atoms with Gasteiger partial charge < -0.3 is 9.47 Å². The summed E-state index contributed by atoms with van der Waals surface area (Å²) >= 11 is 0. The van der Waals surface area contributed by atoms with E-state index in [2.05, 4.69) is 5.10 Å². The first kappa shape index (κ1) is 18.2. The van der Waals surface area contributed by atoms with E-state index in [1.807, 2.05) is 0 Å². The molecule has 0 radical (unpaired) electrons. The van der Waals surface area contributed by atoms with Crippen LogP contribution in [-0.2, 0) is 16.5 Å². The second-order valence-electron chi connectivity index (χ2n) is 6.78. The maximum atomic E-state index is 13.9. The molecule has 7 nitrogen and oxygen atoms in total. The number of hydrogen-bond donors (Lipinski definition) is 0. The van der Waals surface area contributed by atoms with Crippen LogP contribution in [0, 0.1) is 0 Å². The Bertz CT molecular complexity index is 623. The lowest BCUT2D eigenvalue weighted by molar-refractivity contribution is 0.0213. The summed E-state index contributed by atoms with van der Waals surface area (Å²) in [6.45, 7) is 7.17. The molecule has 0 aliphatic carbocycles. The van der Waals surface area contributed by atoms with Crippen molar-refractivity contribution in [2.24, 2.45) is 7.05 Å². The van der Waals surface area contributed by atoms with Gasteiger partial charge in [-0.2, -0.15) is 5.10 Å². The minimum absolute atomic E-state index is 0.0507. The summed E-state index contributed by atoms with van der Waals surface area (Å²) in [6, 6.07) is 0.974. The second-order valence-corrected chi connectivity index (χ2v) is 6.78. The number of carbonyl (C=O) groups is 2. The van der Waals surface area contributed by atoms with Gasteiger partial charge in [0.2, 0.25) is 0 Å². The monoisotopic (exact) mass is 341 g/mol. The van der Waals surface area contributed by atoms with Crippen molar-refractivity contribution in [3.05, 3.63) is 17.5 Å². The summed E-state index contributed by atoms with van der Waals surface area (Å²) in [7, 11) is 1.61. The zero-order valence-electron chi connectivity index (χ0n) is 14.7. The average molecular weight is 341 g/mol. The SMILES string of the molecule is CCOC(=O)c1cc([C@@H]2C[C@@H](F)CN2C(=O)OC(C)(C)C)nn1C. The first-order chi connectivity index (χ1) is 11.1. The van der Waals surface area contributed by atoms with E-state index >= 15 is 0 Å². The average Bonchev–Trinajstić information content (AvgIpc) is 3.00. The van der Waals surface area contributed by atoms with Gasteiger partial charge in [0.1, 0.15) is 17.5 Å². The molecule has 1 fully saturated rings. The molecule has 134 valence electrons. The van der Waals surface area contributed by atoms with Crippen LogP contribution >= 0.6 is 0 Å². The molecule has 1 aromatic heterocycles. The zero-order chi connectivity index (χ0) is 18.1. The zero-order valence-corrected chi connectivity index (χ0v) is 14.7. The number of carbonyl (C=O) groups excluding carboxylic acids is 2. The summed E-state index contributed by atoms with van der Waals surface area (Å²) in [5.74, 6) is -0.502. The molecule has 0 bridgehead atoms. The van der Waals surface area contributed by atoms with Gasteiger partial charge in [0.25, 0.3) is 0 Å². The molecule has 0 unspecified atom stereocenters. The van der Waals surface area contributed by atoms with Crippen LogP contribution in [0.4, 0.5) is 9.18 Å². The molecule has 2 atom stereocenters. The molecule has 0 spiro atoms. The minimum atomic E-state index is -1.16. The van der Waals surface area contributed by atoms with Crippen LogP contribution in [0.25, 0.3) is 0 Å². The van der Waals surface area contributed by atoms with Crippen molar-refractivity contribution in [1.82, 2.24) is 14.7 Å². The fourth-order valence-corrected chi connectivity index (χ4v) is 2.64. The number of likely N-dealkylation sites (tertiary alicyclic amines) is 1. The van der Waals surface area contributed by atoms with E-state index in [4.69, 9.17) is 9.47 Å². The standard InChI is InChI=1S/C16H24FN3O4/c1-6-23-14(21)13-8-11(18-19(13)5)12-7-10(17)9-20(12)15(22)24-16(2,3)4/h8,10,12H,6-7,9H2,1-5H3/t10-,12+/m1/s1. The molecule has 1 aliphatic heterocycles. The Morgan fingerprint density at radius 2 is 2.08 bits per heavy atom. The Morgan fingerprint density at radius 3 is 2.67 bits per heavy atom. The summed E-state index contributed by atoms with van der Waals surface area (Å²) in [5.41, 5.74) is 0.0424. The van der Waals surface area contributed by atoms with Gasteiger partial charge in [-0.25, -0.2) is 14.0 Å². The van der Waals surface area contributed by atoms with Crippen LogP contribution < -0.4 is 0 Å². The van der Waals surface area contributed by atoms with Crippen LogP contribution in [0.1, 0.15) is 56.3 Å². The molecule has 1 aliphatic rings. The molecule has 24 heavy (non-hydrogen) atoms. The lowest BCUT2D eigenvalue weighted by atomic mass is 10.1. The molecule has 0 N–H and O–H groups in total. The van der Waals surface area contributed by atoms with Crippen LogP contribution in [0.2, 0.25) is 0 Å². The molecular weight excluding hydrogens is 317 g/mol. The molecule has 0 aromatic carbocycles. The lowest BCUT2D eigenvalue weighted by Crippen LogP contribution is -2.37. The fraction of sp³-hybridized carbons (Fsp3) is 0.688. The first-order valence-corrected chi connectivity index (χ1v) is 7.97. The third-order valence-corrected chi connectivity index (χ3v) is 3.60. The van der Waals surface area contributed by atoms with Gasteiger partial charge in [-0.05, 0) is 33.8 Å². The highest BCUT2D eigenvalue weighted by Gasteiger charge is 2.40. The van der Waals surface area contributed by atoms with Crippen molar-refractivity contribution >= 4 is 12.1 Å². The number of aryl methyl sites for hydroxylation is 1. The van der Waals surface area contributed by atoms with Gasteiger partial charge >= 0.3 is 12.1 Å². The summed E-state index contributed by atoms with van der Waals surface area (Å²) in [5, 5.41) is 4.26. The number of nitrogens with zero attached hydrogens (tertiary/aromatic N) is 3. The molecular formula is C16H24FN3O4. The van der Waals surface area contributed by atoms with Crippen LogP contribution in [0.3, 0.4) is 0 Å². The van der Waals surface area contributed by atoms with E-state index < -0.39 is 29.9 Å². The Labute approximate surface area is 140 Å².